The molecule has 0 atom stereocenters. The summed E-state index contributed by atoms with van der Waals surface area (Å²) in [6.07, 6.45) is 0.359. The average Bonchev–Trinajstić information content (AvgIpc) is 2.30. The van der Waals surface area contributed by atoms with Crippen molar-refractivity contribution in [2.75, 3.05) is 11.9 Å². The van der Waals surface area contributed by atoms with E-state index >= 15 is 0 Å². The first-order valence-corrected chi connectivity index (χ1v) is 6.15. The lowest BCUT2D eigenvalue weighted by atomic mass is 10.1. The molecule has 1 rings (SSSR count). The Morgan fingerprint density at radius 2 is 1.89 bits per heavy atom. The summed E-state index contributed by atoms with van der Waals surface area (Å²) in [7, 11) is 0. The summed E-state index contributed by atoms with van der Waals surface area (Å²) in [5.41, 5.74) is 2.53. The molecule has 18 heavy (non-hydrogen) atoms. The topological polar surface area (TPSA) is 58.2 Å². The molecule has 0 heterocycles. The summed E-state index contributed by atoms with van der Waals surface area (Å²) in [5.74, 6) is -0.442. The molecule has 0 aliphatic rings. The normalized spacial score (nSPS) is 10.0. The molecule has 1 aromatic rings. The van der Waals surface area contributed by atoms with Crippen LogP contribution in [0.4, 0.5) is 5.69 Å². The van der Waals surface area contributed by atoms with Gasteiger partial charge in [0, 0.05) is 6.42 Å². The van der Waals surface area contributed by atoms with E-state index in [9.17, 15) is 9.59 Å². The van der Waals surface area contributed by atoms with E-state index in [0.717, 1.165) is 11.1 Å². The number of amides is 2. The summed E-state index contributed by atoms with van der Waals surface area (Å²) < 4.78 is 0. The Hall–Kier alpha value is -1.55. The molecule has 5 heteroatoms. The van der Waals surface area contributed by atoms with Gasteiger partial charge < -0.3 is 10.6 Å². The Morgan fingerprint density at radius 3 is 2.44 bits per heavy atom. The highest BCUT2D eigenvalue weighted by Crippen LogP contribution is 2.27. The van der Waals surface area contributed by atoms with Gasteiger partial charge >= 0.3 is 0 Å². The number of carbonyl (C=O) groups is 2. The van der Waals surface area contributed by atoms with Crippen LogP contribution >= 0.6 is 11.6 Å². The maximum Gasteiger partial charge on any atom is 0.243 e. The predicted molar refractivity (Wildman–Crippen MR) is 72.9 cm³/mol. The van der Waals surface area contributed by atoms with E-state index in [4.69, 9.17) is 11.6 Å². The van der Waals surface area contributed by atoms with Crippen LogP contribution in [0.5, 0.6) is 0 Å². The van der Waals surface area contributed by atoms with E-state index in [1.165, 1.54) is 0 Å². The standard InChI is InChI=1S/C13H17ClN2O2/c1-4-11(17)15-7-12(18)16-13-9(3)5-8(2)6-10(13)14/h5-6H,4,7H2,1-3H3,(H,15,17)(H,16,18). The second-order valence-electron chi connectivity index (χ2n) is 4.12. The van der Waals surface area contributed by atoms with Crippen LogP contribution in [0.3, 0.4) is 0 Å². The maximum atomic E-state index is 11.6. The van der Waals surface area contributed by atoms with Gasteiger partial charge in [0.15, 0.2) is 0 Å². The van der Waals surface area contributed by atoms with Crippen molar-refractivity contribution < 1.29 is 9.59 Å². The molecule has 2 N–H and O–H groups in total. The van der Waals surface area contributed by atoms with Crippen LogP contribution in [0.1, 0.15) is 24.5 Å². The number of aryl methyl sites for hydroxylation is 2. The first-order chi connectivity index (χ1) is 8.43. The Bertz CT molecular complexity index is 449. The van der Waals surface area contributed by atoms with Gasteiger partial charge in [0.05, 0.1) is 17.3 Å². The fraction of sp³-hybridized carbons (Fsp3) is 0.385. The van der Waals surface area contributed by atoms with Crippen molar-refractivity contribution in [2.45, 2.75) is 27.2 Å². The smallest absolute Gasteiger partial charge is 0.243 e. The lowest BCUT2D eigenvalue weighted by molar-refractivity contribution is -0.123. The third-order valence-corrected chi connectivity index (χ3v) is 2.76. The van der Waals surface area contributed by atoms with Crippen molar-refractivity contribution in [1.82, 2.24) is 5.32 Å². The van der Waals surface area contributed by atoms with Gasteiger partial charge in [-0.15, -0.1) is 0 Å². The molecule has 0 fully saturated rings. The third kappa shape index (κ3) is 4.04. The number of hydrogen-bond acceptors (Lipinski definition) is 2. The van der Waals surface area contributed by atoms with E-state index in [1.807, 2.05) is 19.9 Å². The highest BCUT2D eigenvalue weighted by atomic mass is 35.5. The molecule has 0 unspecified atom stereocenters. The molecule has 2 amide bonds. The van der Waals surface area contributed by atoms with Crippen molar-refractivity contribution in [3.8, 4) is 0 Å². The maximum absolute atomic E-state index is 11.6. The highest BCUT2D eigenvalue weighted by Gasteiger charge is 2.10. The highest BCUT2D eigenvalue weighted by molar-refractivity contribution is 6.34. The summed E-state index contributed by atoms with van der Waals surface area (Å²) in [6.45, 7) is 5.50. The largest absolute Gasteiger partial charge is 0.347 e. The van der Waals surface area contributed by atoms with Gasteiger partial charge in [-0.05, 0) is 31.0 Å². The number of hydrogen-bond donors (Lipinski definition) is 2. The molecule has 0 bridgehead atoms. The second-order valence-corrected chi connectivity index (χ2v) is 4.52. The molecule has 0 aromatic heterocycles. The number of halogens is 1. The zero-order valence-corrected chi connectivity index (χ0v) is 11.5. The number of carbonyl (C=O) groups excluding carboxylic acids is 2. The SMILES string of the molecule is CCC(=O)NCC(=O)Nc1c(C)cc(C)cc1Cl. The van der Waals surface area contributed by atoms with Gasteiger partial charge in [0.25, 0.3) is 0 Å². The molecule has 1 aromatic carbocycles. The van der Waals surface area contributed by atoms with E-state index in [1.54, 1.807) is 13.0 Å². The molecule has 0 aliphatic heterocycles. The zero-order valence-electron chi connectivity index (χ0n) is 10.8. The lowest BCUT2D eigenvalue weighted by Gasteiger charge is -2.11. The minimum absolute atomic E-state index is 0.0453. The lowest BCUT2D eigenvalue weighted by Crippen LogP contribution is -2.32. The Labute approximate surface area is 112 Å². The number of benzene rings is 1. The minimum atomic E-state index is -0.286. The summed E-state index contributed by atoms with van der Waals surface area (Å²) in [6, 6.07) is 3.72. The molecule has 98 valence electrons. The monoisotopic (exact) mass is 268 g/mol. The van der Waals surface area contributed by atoms with E-state index < -0.39 is 0 Å². The Morgan fingerprint density at radius 1 is 1.22 bits per heavy atom. The quantitative estimate of drug-likeness (QED) is 0.881. The van der Waals surface area contributed by atoms with Crippen LogP contribution < -0.4 is 10.6 Å². The Kier molecular flexibility index (Phi) is 5.16. The van der Waals surface area contributed by atoms with Crippen LogP contribution in [-0.2, 0) is 9.59 Å². The first kappa shape index (κ1) is 14.5. The number of anilines is 1. The van der Waals surface area contributed by atoms with Crippen molar-refractivity contribution in [2.24, 2.45) is 0 Å². The number of nitrogens with one attached hydrogen (secondary N) is 2. The van der Waals surface area contributed by atoms with Crippen LogP contribution in [-0.4, -0.2) is 18.4 Å². The molecule has 0 radical (unpaired) electrons. The van der Waals surface area contributed by atoms with Crippen molar-refractivity contribution in [3.63, 3.8) is 0 Å². The van der Waals surface area contributed by atoms with Crippen molar-refractivity contribution in [3.05, 3.63) is 28.3 Å². The zero-order chi connectivity index (χ0) is 13.7. The second kappa shape index (κ2) is 6.40. The van der Waals surface area contributed by atoms with Crippen LogP contribution in [0.25, 0.3) is 0 Å². The summed E-state index contributed by atoms with van der Waals surface area (Å²) >= 11 is 6.07. The van der Waals surface area contributed by atoms with Gasteiger partial charge in [0.1, 0.15) is 0 Å². The van der Waals surface area contributed by atoms with Crippen molar-refractivity contribution in [1.29, 1.82) is 0 Å². The fourth-order valence-corrected chi connectivity index (χ4v) is 1.93. The third-order valence-electron chi connectivity index (χ3n) is 2.46. The van der Waals surface area contributed by atoms with E-state index in [0.29, 0.717) is 17.1 Å². The molecular weight excluding hydrogens is 252 g/mol. The average molecular weight is 269 g/mol. The van der Waals surface area contributed by atoms with Gasteiger partial charge in [-0.1, -0.05) is 24.6 Å². The van der Waals surface area contributed by atoms with Gasteiger partial charge in [-0.3, -0.25) is 9.59 Å². The number of rotatable bonds is 4. The molecule has 0 saturated heterocycles. The van der Waals surface area contributed by atoms with Crippen LogP contribution in [0.15, 0.2) is 12.1 Å². The van der Waals surface area contributed by atoms with Crippen LogP contribution in [0.2, 0.25) is 5.02 Å². The fourth-order valence-electron chi connectivity index (χ4n) is 1.56. The molecule has 4 nitrogen and oxygen atoms in total. The Balaban J connectivity index is 2.68. The predicted octanol–water partition coefficient (Wildman–Crippen LogP) is 2.42. The van der Waals surface area contributed by atoms with Gasteiger partial charge in [-0.2, -0.15) is 0 Å². The molecule has 0 saturated carbocycles. The summed E-state index contributed by atoms with van der Waals surface area (Å²) in [4.78, 5) is 22.7. The van der Waals surface area contributed by atoms with Gasteiger partial charge in [-0.25, -0.2) is 0 Å². The molecule has 0 spiro atoms. The molecule has 0 aliphatic carbocycles. The first-order valence-electron chi connectivity index (χ1n) is 5.77. The van der Waals surface area contributed by atoms with E-state index in [2.05, 4.69) is 10.6 Å². The van der Waals surface area contributed by atoms with Gasteiger partial charge in [0.2, 0.25) is 11.8 Å². The van der Waals surface area contributed by atoms with Crippen molar-refractivity contribution >= 4 is 29.1 Å². The van der Waals surface area contributed by atoms with E-state index in [-0.39, 0.29) is 18.4 Å². The van der Waals surface area contributed by atoms with Crippen LogP contribution in [0, 0.1) is 13.8 Å². The summed E-state index contributed by atoms with van der Waals surface area (Å²) in [5, 5.41) is 5.71. The molecular formula is C13H17ClN2O2. The minimum Gasteiger partial charge on any atom is -0.347 e.